The molecule has 6 nitrogen and oxygen atoms in total. The van der Waals surface area contributed by atoms with Crippen LogP contribution in [0.5, 0.6) is 11.5 Å². The number of carbonyl (C=O) groups excluding carboxylic acids is 2. The maximum atomic E-state index is 12.5. The molecule has 6 heteroatoms. The molecule has 2 amide bonds. The van der Waals surface area contributed by atoms with Gasteiger partial charge in [0, 0.05) is 19.4 Å². The number of hydrogen-bond donors (Lipinski definition) is 1. The summed E-state index contributed by atoms with van der Waals surface area (Å²) in [6.07, 6.45) is 2.91. The van der Waals surface area contributed by atoms with Crippen molar-refractivity contribution in [1.82, 2.24) is 0 Å². The largest absolute Gasteiger partial charge is 0.493 e. The molecule has 1 aliphatic rings. The summed E-state index contributed by atoms with van der Waals surface area (Å²) < 4.78 is 10.5. The SMILES string of the molecule is COc1ccc(CCC(=O)Nc2ccccc2N(C(C)=O)C2CC2)cc1OC. The maximum absolute atomic E-state index is 12.5. The summed E-state index contributed by atoms with van der Waals surface area (Å²) in [5, 5.41) is 2.96. The van der Waals surface area contributed by atoms with Crippen LogP contribution in [0.15, 0.2) is 42.5 Å². The zero-order chi connectivity index (χ0) is 20.1. The van der Waals surface area contributed by atoms with Gasteiger partial charge < -0.3 is 19.7 Å². The Bertz CT molecular complexity index is 861. The summed E-state index contributed by atoms with van der Waals surface area (Å²) in [5.74, 6) is 1.21. The number of ether oxygens (including phenoxy) is 2. The van der Waals surface area contributed by atoms with Gasteiger partial charge in [0.05, 0.1) is 25.6 Å². The second-order valence-electron chi connectivity index (χ2n) is 6.87. The van der Waals surface area contributed by atoms with Gasteiger partial charge in [0.1, 0.15) is 0 Å². The number of anilines is 2. The van der Waals surface area contributed by atoms with Gasteiger partial charge in [-0.2, -0.15) is 0 Å². The molecule has 0 radical (unpaired) electrons. The van der Waals surface area contributed by atoms with Crippen LogP contribution in [0, 0.1) is 0 Å². The molecule has 0 saturated heterocycles. The van der Waals surface area contributed by atoms with Crippen molar-refractivity contribution in [2.45, 2.75) is 38.6 Å². The van der Waals surface area contributed by atoms with Crippen molar-refractivity contribution in [3.63, 3.8) is 0 Å². The number of nitrogens with one attached hydrogen (secondary N) is 1. The lowest BCUT2D eigenvalue weighted by molar-refractivity contribution is -0.117. The van der Waals surface area contributed by atoms with Crippen LogP contribution in [0.4, 0.5) is 11.4 Å². The van der Waals surface area contributed by atoms with Crippen LogP contribution in [0.3, 0.4) is 0 Å². The molecule has 0 bridgehead atoms. The molecular formula is C22H26N2O4. The number of methoxy groups -OCH3 is 2. The van der Waals surface area contributed by atoms with Gasteiger partial charge in [-0.25, -0.2) is 0 Å². The van der Waals surface area contributed by atoms with Gasteiger partial charge in [-0.15, -0.1) is 0 Å². The fourth-order valence-corrected chi connectivity index (χ4v) is 3.25. The zero-order valence-electron chi connectivity index (χ0n) is 16.5. The Morgan fingerprint density at radius 1 is 1.07 bits per heavy atom. The highest BCUT2D eigenvalue weighted by Gasteiger charge is 2.33. The number of nitrogens with zero attached hydrogens (tertiary/aromatic N) is 1. The van der Waals surface area contributed by atoms with Gasteiger partial charge in [0.15, 0.2) is 11.5 Å². The number of aryl methyl sites for hydroxylation is 1. The third kappa shape index (κ3) is 4.63. The van der Waals surface area contributed by atoms with E-state index in [-0.39, 0.29) is 17.9 Å². The highest BCUT2D eigenvalue weighted by molar-refractivity contribution is 6.00. The first-order valence-electron chi connectivity index (χ1n) is 9.43. The van der Waals surface area contributed by atoms with E-state index in [0.717, 1.165) is 24.1 Å². The highest BCUT2D eigenvalue weighted by atomic mass is 16.5. The summed E-state index contributed by atoms with van der Waals surface area (Å²) in [6, 6.07) is 13.3. The van der Waals surface area contributed by atoms with Crippen molar-refractivity contribution in [3.05, 3.63) is 48.0 Å². The summed E-state index contributed by atoms with van der Waals surface area (Å²) in [5.41, 5.74) is 2.42. The minimum Gasteiger partial charge on any atom is -0.493 e. The quantitative estimate of drug-likeness (QED) is 0.754. The Morgan fingerprint density at radius 2 is 1.79 bits per heavy atom. The van der Waals surface area contributed by atoms with E-state index >= 15 is 0 Å². The zero-order valence-corrected chi connectivity index (χ0v) is 16.5. The second kappa shape index (κ2) is 8.78. The van der Waals surface area contributed by atoms with Crippen LogP contribution in [0.2, 0.25) is 0 Å². The number of rotatable bonds is 8. The average Bonchev–Trinajstić information content (AvgIpc) is 3.52. The van der Waals surface area contributed by atoms with E-state index in [9.17, 15) is 9.59 Å². The van der Waals surface area contributed by atoms with Crippen molar-refractivity contribution < 1.29 is 19.1 Å². The fourth-order valence-electron chi connectivity index (χ4n) is 3.25. The van der Waals surface area contributed by atoms with Crippen molar-refractivity contribution in [1.29, 1.82) is 0 Å². The molecule has 28 heavy (non-hydrogen) atoms. The molecule has 0 aromatic heterocycles. The Labute approximate surface area is 165 Å². The van der Waals surface area contributed by atoms with Crippen LogP contribution < -0.4 is 19.7 Å². The Balaban J connectivity index is 1.66. The predicted octanol–water partition coefficient (Wildman–Crippen LogP) is 3.79. The smallest absolute Gasteiger partial charge is 0.224 e. The summed E-state index contributed by atoms with van der Waals surface area (Å²) >= 11 is 0. The number of hydrogen-bond acceptors (Lipinski definition) is 4. The highest BCUT2D eigenvalue weighted by Crippen LogP contribution is 2.36. The van der Waals surface area contributed by atoms with Gasteiger partial charge in [-0.05, 0) is 49.1 Å². The predicted molar refractivity (Wildman–Crippen MR) is 109 cm³/mol. The molecule has 0 aliphatic heterocycles. The van der Waals surface area contributed by atoms with Crippen LogP contribution in [0.25, 0.3) is 0 Å². The van der Waals surface area contributed by atoms with E-state index < -0.39 is 0 Å². The van der Waals surface area contributed by atoms with E-state index in [0.29, 0.717) is 30.0 Å². The van der Waals surface area contributed by atoms with Crippen molar-refractivity contribution >= 4 is 23.2 Å². The summed E-state index contributed by atoms with van der Waals surface area (Å²) in [6.45, 7) is 1.56. The molecule has 2 aromatic carbocycles. The lowest BCUT2D eigenvalue weighted by Crippen LogP contribution is -2.31. The van der Waals surface area contributed by atoms with E-state index in [1.54, 1.807) is 26.0 Å². The fraction of sp³-hybridized carbons (Fsp3) is 0.364. The summed E-state index contributed by atoms with van der Waals surface area (Å²) in [7, 11) is 3.18. The first-order valence-corrected chi connectivity index (χ1v) is 9.43. The van der Waals surface area contributed by atoms with Gasteiger partial charge >= 0.3 is 0 Å². The van der Waals surface area contributed by atoms with Gasteiger partial charge in [-0.3, -0.25) is 9.59 Å². The molecular weight excluding hydrogens is 356 g/mol. The van der Waals surface area contributed by atoms with Crippen LogP contribution in [-0.2, 0) is 16.0 Å². The molecule has 3 rings (SSSR count). The standard InChI is InChI=1S/C22H26N2O4/c1-15(25)24(17-10-11-17)19-7-5-4-6-18(19)23-22(26)13-9-16-8-12-20(27-2)21(14-16)28-3/h4-8,12,14,17H,9-11,13H2,1-3H3,(H,23,26). The lowest BCUT2D eigenvalue weighted by Gasteiger charge is -2.23. The maximum Gasteiger partial charge on any atom is 0.224 e. The van der Waals surface area contributed by atoms with Crippen LogP contribution >= 0.6 is 0 Å². The third-order valence-electron chi connectivity index (χ3n) is 4.78. The monoisotopic (exact) mass is 382 g/mol. The average molecular weight is 382 g/mol. The first kappa shape index (κ1) is 19.7. The molecule has 1 fully saturated rings. The minimum atomic E-state index is -0.0958. The molecule has 1 N–H and O–H groups in total. The molecule has 0 atom stereocenters. The molecule has 0 unspecified atom stereocenters. The minimum absolute atomic E-state index is 0.00507. The number of amides is 2. The molecule has 1 aliphatic carbocycles. The van der Waals surface area contributed by atoms with Crippen LogP contribution in [-0.4, -0.2) is 32.1 Å². The topological polar surface area (TPSA) is 67.9 Å². The Morgan fingerprint density at radius 3 is 2.43 bits per heavy atom. The van der Waals surface area contributed by atoms with Gasteiger partial charge in [0.25, 0.3) is 0 Å². The Kier molecular flexibility index (Phi) is 6.19. The molecule has 2 aromatic rings. The number of para-hydroxylation sites is 2. The molecule has 1 saturated carbocycles. The number of carbonyl (C=O) groups is 2. The first-order chi connectivity index (χ1) is 13.5. The summed E-state index contributed by atoms with van der Waals surface area (Å²) in [4.78, 5) is 26.4. The Hall–Kier alpha value is -3.02. The van der Waals surface area contributed by atoms with E-state index in [1.807, 2.05) is 42.5 Å². The van der Waals surface area contributed by atoms with E-state index in [4.69, 9.17) is 9.47 Å². The van der Waals surface area contributed by atoms with Crippen molar-refractivity contribution in [3.8, 4) is 11.5 Å². The lowest BCUT2D eigenvalue weighted by atomic mass is 10.1. The van der Waals surface area contributed by atoms with E-state index in [1.165, 1.54) is 0 Å². The van der Waals surface area contributed by atoms with Crippen molar-refractivity contribution in [2.75, 3.05) is 24.4 Å². The third-order valence-corrected chi connectivity index (χ3v) is 4.78. The van der Waals surface area contributed by atoms with E-state index in [2.05, 4.69) is 5.32 Å². The normalized spacial score (nSPS) is 13.0. The molecule has 0 spiro atoms. The second-order valence-corrected chi connectivity index (χ2v) is 6.87. The number of benzene rings is 2. The molecule has 148 valence electrons. The van der Waals surface area contributed by atoms with Gasteiger partial charge in [-0.1, -0.05) is 18.2 Å². The molecule has 0 heterocycles. The van der Waals surface area contributed by atoms with Crippen LogP contribution in [0.1, 0.15) is 31.7 Å². The van der Waals surface area contributed by atoms with Crippen molar-refractivity contribution in [2.24, 2.45) is 0 Å². The van der Waals surface area contributed by atoms with Gasteiger partial charge in [0.2, 0.25) is 11.8 Å².